The molecule has 2 rings (SSSR count). The summed E-state index contributed by atoms with van der Waals surface area (Å²) in [6.45, 7) is -0.934. The van der Waals surface area contributed by atoms with Crippen molar-refractivity contribution in [2.45, 2.75) is 25.7 Å². The van der Waals surface area contributed by atoms with E-state index in [4.69, 9.17) is 0 Å². The van der Waals surface area contributed by atoms with E-state index in [1.165, 1.54) is 0 Å². The normalized spacial score (nSPS) is 14.9. The summed E-state index contributed by atoms with van der Waals surface area (Å²) in [4.78, 5) is 23.3. The summed E-state index contributed by atoms with van der Waals surface area (Å²) < 4.78 is 44.2. The molecule has 0 unspecified atom stereocenters. The lowest BCUT2D eigenvalue weighted by Gasteiger charge is -2.11. The molecular weight excluding hydrogens is 299 g/mol. The average molecular weight is 315 g/mol. The monoisotopic (exact) mass is 315 g/mol. The van der Waals surface area contributed by atoms with Gasteiger partial charge in [0.05, 0.1) is 6.54 Å². The third kappa shape index (κ3) is 3.99. The molecule has 0 aliphatic heterocycles. The molecule has 120 valence electrons. The molecule has 1 saturated carbocycles. The first-order chi connectivity index (χ1) is 10.5. The molecule has 1 aromatic carbocycles. The zero-order valence-electron chi connectivity index (χ0n) is 11.8. The molecule has 0 saturated heterocycles. The van der Waals surface area contributed by atoms with Gasteiger partial charge in [-0.15, -0.1) is 0 Å². The van der Waals surface area contributed by atoms with Gasteiger partial charge in [0.25, 0.3) is 0 Å². The fourth-order valence-corrected chi connectivity index (χ4v) is 2.36. The van der Waals surface area contributed by atoms with Crippen LogP contribution in [-0.4, -0.2) is 24.8 Å². The molecule has 1 fully saturated rings. The topological polar surface area (TPSA) is 55.4 Å². The van der Waals surface area contributed by atoms with Gasteiger partial charge in [0.2, 0.25) is 11.7 Å². The van der Waals surface area contributed by atoms with Crippen LogP contribution < -0.4 is 10.1 Å². The third-order valence-electron chi connectivity index (χ3n) is 3.57. The van der Waals surface area contributed by atoms with Crippen molar-refractivity contribution in [2.24, 2.45) is 5.92 Å². The second-order valence-corrected chi connectivity index (χ2v) is 5.20. The second kappa shape index (κ2) is 7.29. The Morgan fingerprint density at radius 3 is 2.45 bits per heavy atom. The van der Waals surface area contributed by atoms with Crippen molar-refractivity contribution in [3.8, 4) is 5.75 Å². The molecule has 0 atom stereocenters. The standard InChI is InChI=1S/C15H16F3NO3/c16-11-5-6-12(17)14(13(11)18)22-8-10(20)7-19-15(21)9-3-1-2-4-9/h5-6,9H,1-4,7-8H2,(H,19,21). The van der Waals surface area contributed by atoms with Gasteiger partial charge in [0, 0.05) is 5.92 Å². The summed E-state index contributed by atoms with van der Waals surface area (Å²) in [6, 6.07) is 1.33. The van der Waals surface area contributed by atoms with Gasteiger partial charge in [0.15, 0.2) is 23.2 Å². The second-order valence-electron chi connectivity index (χ2n) is 5.20. The van der Waals surface area contributed by atoms with E-state index >= 15 is 0 Å². The Morgan fingerprint density at radius 1 is 1.14 bits per heavy atom. The first-order valence-corrected chi connectivity index (χ1v) is 7.04. The van der Waals surface area contributed by atoms with Crippen molar-refractivity contribution in [2.75, 3.05) is 13.2 Å². The SMILES string of the molecule is O=C(CNC(=O)C1CCCC1)COc1c(F)ccc(F)c1F. The fraction of sp³-hybridized carbons (Fsp3) is 0.467. The Bertz CT molecular complexity index is 571. The number of carbonyl (C=O) groups is 2. The molecule has 0 aromatic heterocycles. The smallest absolute Gasteiger partial charge is 0.223 e. The number of ether oxygens (including phenoxy) is 1. The van der Waals surface area contributed by atoms with Gasteiger partial charge < -0.3 is 10.1 Å². The number of halogens is 3. The molecule has 1 aromatic rings. The molecule has 0 radical (unpaired) electrons. The Labute approximate surface area is 125 Å². The largest absolute Gasteiger partial charge is 0.480 e. The zero-order chi connectivity index (χ0) is 16.1. The van der Waals surface area contributed by atoms with Gasteiger partial charge in [-0.1, -0.05) is 12.8 Å². The van der Waals surface area contributed by atoms with Crippen LogP contribution in [0, 0.1) is 23.4 Å². The highest BCUT2D eigenvalue weighted by atomic mass is 19.2. The van der Waals surface area contributed by atoms with Crippen LogP contribution in [0.4, 0.5) is 13.2 Å². The van der Waals surface area contributed by atoms with Crippen molar-refractivity contribution >= 4 is 11.7 Å². The number of carbonyl (C=O) groups excluding carboxylic acids is 2. The zero-order valence-corrected chi connectivity index (χ0v) is 11.8. The maximum atomic E-state index is 13.3. The molecule has 4 nitrogen and oxygen atoms in total. The summed E-state index contributed by atoms with van der Waals surface area (Å²) in [7, 11) is 0. The molecule has 0 spiro atoms. The van der Waals surface area contributed by atoms with Crippen molar-refractivity contribution in [3.05, 3.63) is 29.6 Å². The lowest BCUT2D eigenvalue weighted by Crippen LogP contribution is -2.35. The van der Waals surface area contributed by atoms with Gasteiger partial charge in [-0.25, -0.2) is 8.78 Å². The van der Waals surface area contributed by atoms with E-state index in [9.17, 15) is 22.8 Å². The van der Waals surface area contributed by atoms with E-state index in [1.54, 1.807) is 0 Å². The maximum Gasteiger partial charge on any atom is 0.223 e. The molecule has 7 heteroatoms. The number of hydrogen-bond donors (Lipinski definition) is 1. The molecular formula is C15H16F3NO3. The number of rotatable bonds is 6. The predicted molar refractivity (Wildman–Crippen MR) is 71.8 cm³/mol. The van der Waals surface area contributed by atoms with E-state index in [2.05, 4.69) is 10.1 Å². The molecule has 1 aliphatic carbocycles. The van der Waals surface area contributed by atoms with Crippen molar-refractivity contribution in [1.29, 1.82) is 0 Å². The van der Waals surface area contributed by atoms with Crippen LogP contribution in [0.3, 0.4) is 0 Å². The quantitative estimate of drug-likeness (QED) is 0.820. The van der Waals surface area contributed by atoms with E-state index in [-0.39, 0.29) is 18.4 Å². The summed E-state index contributed by atoms with van der Waals surface area (Å²) in [5.74, 6) is -5.62. The first kappa shape index (κ1) is 16.3. The van der Waals surface area contributed by atoms with E-state index in [0.717, 1.165) is 25.7 Å². The van der Waals surface area contributed by atoms with Gasteiger partial charge >= 0.3 is 0 Å². The van der Waals surface area contributed by atoms with Gasteiger partial charge in [-0.2, -0.15) is 4.39 Å². The van der Waals surface area contributed by atoms with E-state index in [1.807, 2.05) is 0 Å². The number of nitrogens with one attached hydrogen (secondary N) is 1. The number of amides is 1. The van der Waals surface area contributed by atoms with E-state index in [0.29, 0.717) is 12.1 Å². The molecule has 1 N–H and O–H groups in total. The van der Waals surface area contributed by atoms with Gasteiger partial charge in [-0.3, -0.25) is 9.59 Å². The minimum atomic E-state index is -1.48. The highest BCUT2D eigenvalue weighted by Crippen LogP contribution is 2.25. The van der Waals surface area contributed by atoms with Crippen LogP contribution in [0.15, 0.2) is 12.1 Å². The number of hydrogen-bond acceptors (Lipinski definition) is 3. The Kier molecular flexibility index (Phi) is 5.41. The summed E-state index contributed by atoms with van der Waals surface area (Å²) >= 11 is 0. The maximum absolute atomic E-state index is 13.3. The molecule has 1 aliphatic rings. The van der Waals surface area contributed by atoms with Crippen LogP contribution in [0.5, 0.6) is 5.75 Å². The molecule has 0 bridgehead atoms. The van der Waals surface area contributed by atoms with E-state index < -0.39 is 35.6 Å². The Morgan fingerprint density at radius 2 is 1.77 bits per heavy atom. The third-order valence-corrected chi connectivity index (χ3v) is 3.57. The average Bonchev–Trinajstić information content (AvgIpc) is 3.03. The van der Waals surface area contributed by atoms with Crippen LogP contribution in [0.25, 0.3) is 0 Å². The highest BCUT2D eigenvalue weighted by Gasteiger charge is 2.23. The molecule has 0 heterocycles. The van der Waals surface area contributed by atoms with Crippen molar-refractivity contribution < 1.29 is 27.5 Å². The van der Waals surface area contributed by atoms with Crippen molar-refractivity contribution in [1.82, 2.24) is 5.32 Å². The van der Waals surface area contributed by atoms with Crippen LogP contribution >= 0.6 is 0 Å². The summed E-state index contributed by atoms with van der Waals surface area (Å²) in [6.07, 6.45) is 3.59. The molecule has 1 amide bonds. The fourth-order valence-electron chi connectivity index (χ4n) is 2.36. The predicted octanol–water partition coefficient (Wildman–Crippen LogP) is 2.36. The minimum absolute atomic E-state index is 0.0770. The minimum Gasteiger partial charge on any atom is -0.480 e. The van der Waals surface area contributed by atoms with Gasteiger partial charge in [0.1, 0.15) is 6.61 Å². The lowest BCUT2D eigenvalue weighted by molar-refractivity contribution is -0.128. The Balaban J connectivity index is 1.80. The number of benzene rings is 1. The molecule has 22 heavy (non-hydrogen) atoms. The van der Waals surface area contributed by atoms with Crippen molar-refractivity contribution in [3.63, 3.8) is 0 Å². The Hall–Kier alpha value is -2.05. The summed E-state index contributed by atoms with van der Waals surface area (Å²) in [5.41, 5.74) is 0. The van der Waals surface area contributed by atoms with Crippen LogP contribution in [0.1, 0.15) is 25.7 Å². The highest BCUT2D eigenvalue weighted by molar-refractivity contribution is 5.87. The lowest BCUT2D eigenvalue weighted by atomic mass is 10.1. The first-order valence-electron chi connectivity index (χ1n) is 7.04. The van der Waals surface area contributed by atoms with Crippen LogP contribution in [-0.2, 0) is 9.59 Å². The summed E-state index contributed by atoms with van der Waals surface area (Å²) in [5, 5.41) is 2.47. The van der Waals surface area contributed by atoms with Gasteiger partial charge in [-0.05, 0) is 25.0 Å². The number of Topliss-reactive ketones (excluding diaryl/α,β-unsaturated/α-hetero) is 1. The number of ketones is 1. The van der Waals surface area contributed by atoms with Crippen LogP contribution in [0.2, 0.25) is 0 Å².